The molecule has 7 heteroatoms. The number of fused-ring (bicyclic) bond motifs is 5. The van der Waals surface area contributed by atoms with Gasteiger partial charge in [0.2, 0.25) is 0 Å². The van der Waals surface area contributed by atoms with Crippen LogP contribution in [-0.2, 0) is 23.9 Å². The molecule has 29 heavy (non-hydrogen) atoms. The minimum absolute atomic E-state index is 0.0894. The Balaban J connectivity index is 1.85. The first-order valence-electron chi connectivity index (χ1n) is 10.1. The third kappa shape index (κ3) is 2.68. The quantitative estimate of drug-likeness (QED) is 0.688. The molecule has 2 saturated carbocycles. The van der Waals surface area contributed by atoms with Gasteiger partial charge in [0.1, 0.15) is 18.3 Å². The van der Waals surface area contributed by atoms with Crippen LogP contribution in [0, 0.1) is 28.6 Å². The number of ketones is 1. The molecule has 2 fully saturated rings. The molecule has 0 aromatic heterocycles. The van der Waals surface area contributed by atoms with E-state index in [0.29, 0.717) is 11.5 Å². The number of carbonyl (C=O) groups excluding carboxylic acids is 3. The van der Waals surface area contributed by atoms with Crippen LogP contribution in [0.1, 0.15) is 47.0 Å². The number of allylic oxidation sites excluding steroid dienone is 2. The second kappa shape index (κ2) is 6.42. The number of esters is 2. The number of aliphatic hydroxyl groups is 1. The lowest BCUT2D eigenvalue weighted by Gasteiger charge is -2.57. The van der Waals surface area contributed by atoms with E-state index in [1.165, 1.54) is 19.9 Å². The van der Waals surface area contributed by atoms with E-state index in [2.05, 4.69) is 0 Å². The maximum absolute atomic E-state index is 12.5. The summed E-state index contributed by atoms with van der Waals surface area (Å²) in [6, 6.07) is 0. The lowest BCUT2D eigenvalue weighted by molar-refractivity contribution is -0.162. The molecule has 6 nitrogen and oxygen atoms in total. The van der Waals surface area contributed by atoms with Crippen molar-refractivity contribution in [1.82, 2.24) is 0 Å². The highest BCUT2D eigenvalue weighted by molar-refractivity contribution is 6.32. The molecule has 158 valence electrons. The van der Waals surface area contributed by atoms with Crippen LogP contribution >= 0.6 is 11.6 Å². The van der Waals surface area contributed by atoms with E-state index in [1.807, 2.05) is 19.9 Å². The van der Waals surface area contributed by atoms with Crippen molar-refractivity contribution in [3.8, 4) is 0 Å². The third-order valence-electron chi connectivity index (χ3n) is 8.14. The van der Waals surface area contributed by atoms with Gasteiger partial charge in [-0.3, -0.25) is 9.59 Å². The molecule has 7 atom stereocenters. The topological polar surface area (TPSA) is 89.9 Å². The van der Waals surface area contributed by atoms with E-state index in [4.69, 9.17) is 21.1 Å². The molecule has 0 radical (unpaired) electrons. The molecular weight excluding hydrogens is 396 g/mol. The number of halogens is 1. The fourth-order valence-corrected chi connectivity index (χ4v) is 7.06. The summed E-state index contributed by atoms with van der Waals surface area (Å²) in [5, 5.41) is 11.9. The fourth-order valence-electron chi connectivity index (χ4n) is 6.65. The molecule has 4 rings (SSSR count). The Kier molecular flexibility index (Phi) is 4.56. The van der Waals surface area contributed by atoms with E-state index in [1.54, 1.807) is 0 Å². The van der Waals surface area contributed by atoms with Crippen molar-refractivity contribution in [1.29, 1.82) is 0 Å². The second-order valence-corrected chi connectivity index (χ2v) is 9.94. The molecule has 4 aliphatic rings. The van der Waals surface area contributed by atoms with E-state index >= 15 is 0 Å². The molecular formula is C22H27ClO6. The van der Waals surface area contributed by atoms with Gasteiger partial charge in [0, 0.05) is 41.2 Å². The first-order valence-corrected chi connectivity index (χ1v) is 10.5. The summed E-state index contributed by atoms with van der Waals surface area (Å²) < 4.78 is 11.0. The zero-order valence-corrected chi connectivity index (χ0v) is 17.9. The van der Waals surface area contributed by atoms with Crippen molar-refractivity contribution in [2.24, 2.45) is 28.6 Å². The van der Waals surface area contributed by atoms with Crippen molar-refractivity contribution < 1.29 is 29.0 Å². The van der Waals surface area contributed by atoms with Gasteiger partial charge in [-0.1, -0.05) is 31.5 Å². The first kappa shape index (κ1) is 20.6. The summed E-state index contributed by atoms with van der Waals surface area (Å²) in [5.74, 6) is -1.41. The van der Waals surface area contributed by atoms with Gasteiger partial charge in [0.25, 0.3) is 0 Å². The van der Waals surface area contributed by atoms with Gasteiger partial charge < -0.3 is 14.6 Å². The summed E-state index contributed by atoms with van der Waals surface area (Å²) in [5.41, 5.74) is -1.97. The van der Waals surface area contributed by atoms with Crippen molar-refractivity contribution in [3.63, 3.8) is 0 Å². The Morgan fingerprint density at radius 3 is 2.62 bits per heavy atom. The lowest BCUT2D eigenvalue weighted by atomic mass is 9.49. The zero-order valence-electron chi connectivity index (χ0n) is 17.2. The largest absolute Gasteiger partial charge is 0.462 e. The summed E-state index contributed by atoms with van der Waals surface area (Å²) in [6.07, 6.45) is 4.26. The highest BCUT2D eigenvalue weighted by Gasteiger charge is 2.69. The number of carbonyl (C=O) groups is 3. The van der Waals surface area contributed by atoms with Crippen molar-refractivity contribution in [2.75, 3.05) is 6.61 Å². The van der Waals surface area contributed by atoms with Crippen LogP contribution in [0.2, 0.25) is 0 Å². The van der Waals surface area contributed by atoms with Gasteiger partial charge in [-0.15, -0.1) is 0 Å². The molecule has 0 aromatic carbocycles. The van der Waals surface area contributed by atoms with E-state index in [9.17, 15) is 19.5 Å². The molecule has 1 aliphatic heterocycles. The SMILES string of the molecule is CC(=O)O[C@@H]1C[C@](O)(C(C)=O)[C@@]2(C)CC[C@H]3[C@@H](C=C(Cl)C4=CC(=O)OC[C@@]43C)[C@H]12. The van der Waals surface area contributed by atoms with Gasteiger partial charge in [-0.05, 0) is 37.2 Å². The predicted octanol–water partition coefficient (Wildman–Crippen LogP) is 2.92. The van der Waals surface area contributed by atoms with E-state index in [0.717, 1.165) is 12.0 Å². The maximum atomic E-state index is 12.5. The Bertz CT molecular complexity index is 861. The summed E-state index contributed by atoms with van der Waals surface area (Å²) in [4.78, 5) is 36.1. The molecule has 1 heterocycles. The van der Waals surface area contributed by atoms with Crippen LogP contribution in [-0.4, -0.2) is 41.1 Å². The molecule has 1 N–H and O–H groups in total. The number of Topliss-reactive ketones (excluding diaryl/α,β-unsaturated/α-hetero) is 1. The average Bonchev–Trinajstić information content (AvgIpc) is 2.84. The Morgan fingerprint density at radius 2 is 2.00 bits per heavy atom. The summed E-state index contributed by atoms with van der Waals surface area (Å²) in [7, 11) is 0. The lowest BCUT2D eigenvalue weighted by Crippen LogP contribution is -2.57. The molecule has 0 aromatic rings. The van der Waals surface area contributed by atoms with Gasteiger partial charge in [0.05, 0.1) is 0 Å². The Labute approximate surface area is 175 Å². The standard InChI is InChI=1S/C22H27ClO6/c1-11(24)22(27)9-17(29-12(2)25)19-13-7-16(23)15-8-18(26)28-10-20(15,3)14(13)5-6-21(19,22)4/h7-8,13-14,17,19,27H,5-6,9-10H2,1-4H3/t13-,14+,17-,19-,20-,21+,22+/m1/s1. The smallest absolute Gasteiger partial charge is 0.331 e. The van der Waals surface area contributed by atoms with Crippen molar-refractivity contribution in [2.45, 2.75) is 58.7 Å². The second-order valence-electron chi connectivity index (χ2n) is 9.53. The van der Waals surface area contributed by atoms with E-state index in [-0.39, 0.29) is 36.6 Å². The highest BCUT2D eigenvalue weighted by atomic mass is 35.5. The highest BCUT2D eigenvalue weighted by Crippen LogP contribution is 2.67. The maximum Gasteiger partial charge on any atom is 0.331 e. The molecule has 0 amide bonds. The third-order valence-corrected chi connectivity index (χ3v) is 8.47. The van der Waals surface area contributed by atoms with E-state index < -0.39 is 34.5 Å². The predicted molar refractivity (Wildman–Crippen MR) is 105 cm³/mol. The van der Waals surface area contributed by atoms with Gasteiger partial charge >= 0.3 is 11.9 Å². The number of hydrogen-bond donors (Lipinski definition) is 1. The monoisotopic (exact) mass is 422 g/mol. The first-order chi connectivity index (χ1) is 13.4. The number of rotatable bonds is 2. The molecule has 0 unspecified atom stereocenters. The Morgan fingerprint density at radius 1 is 1.31 bits per heavy atom. The summed E-state index contributed by atoms with van der Waals surface area (Å²) >= 11 is 6.64. The fraction of sp³-hybridized carbons (Fsp3) is 0.682. The van der Waals surface area contributed by atoms with Crippen LogP contribution in [0.3, 0.4) is 0 Å². The minimum Gasteiger partial charge on any atom is -0.462 e. The number of ether oxygens (including phenoxy) is 2. The van der Waals surface area contributed by atoms with Crippen molar-refractivity contribution >= 4 is 29.3 Å². The number of cyclic esters (lactones) is 1. The normalized spacial score (nSPS) is 45.8. The van der Waals surface area contributed by atoms with Crippen LogP contribution in [0.5, 0.6) is 0 Å². The Hall–Kier alpha value is -1.66. The average molecular weight is 423 g/mol. The molecule has 0 spiro atoms. The molecule has 0 saturated heterocycles. The van der Waals surface area contributed by atoms with Gasteiger partial charge in [0.15, 0.2) is 5.78 Å². The van der Waals surface area contributed by atoms with Crippen LogP contribution in [0.15, 0.2) is 22.8 Å². The van der Waals surface area contributed by atoms with Gasteiger partial charge in [-0.2, -0.15) is 0 Å². The van der Waals surface area contributed by atoms with Crippen LogP contribution in [0.4, 0.5) is 0 Å². The van der Waals surface area contributed by atoms with Crippen LogP contribution in [0.25, 0.3) is 0 Å². The summed E-state index contributed by atoms with van der Waals surface area (Å²) in [6.45, 7) is 6.96. The molecule has 0 bridgehead atoms. The number of hydrogen-bond acceptors (Lipinski definition) is 6. The minimum atomic E-state index is -1.56. The van der Waals surface area contributed by atoms with Crippen molar-refractivity contribution in [3.05, 3.63) is 22.8 Å². The van der Waals surface area contributed by atoms with Crippen LogP contribution < -0.4 is 0 Å². The zero-order chi connectivity index (χ0) is 21.4. The van der Waals surface area contributed by atoms with Gasteiger partial charge in [-0.25, -0.2) is 4.79 Å². The molecule has 3 aliphatic carbocycles.